The van der Waals surface area contributed by atoms with Gasteiger partial charge in [0.15, 0.2) is 5.71 Å². The zero-order valence-electron chi connectivity index (χ0n) is 54.9. The molecule has 24 nitrogen and oxygen atoms in total. The van der Waals surface area contributed by atoms with Gasteiger partial charge in [0.2, 0.25) is 5.69 Å². The van der Waals surface area contributed by atoms with Gasteiger partial charge in [-0.05, 0) is 137 Å². The predicted octanol–water partition coefficient (Wildman–Crippen LogP) is 7.69. The minimum absolute atomic E-state index is 0.0224. The van der Waals surface area contributed by atoms with Crippen LogP contribution in [0.25, 0.3) is 0 Å². The van der Waals surface area contributed by atoms with Crippen molar-refractivity contribution in [2.24, 2.45) is 0 Å². The Balaban J connectivity index is 1.10. The van der Waals surface area contributed by atoms with E-state index < -0.39 is 86.5 Å². The molecular formula is C68H87N3O21PS4+. The molecule has 2 unspecified atom stereocenters. The largest absolute Gasteiger partial charge is 0.465 e. The van der Waals surface area contributed by atoms with Crippen molar-refractivity contribution in [3.63, 3.8) is 0 Å². The van der Waals surface area contributed by atoms with E-state index in [0.717, 1.165) is 10.6 Å². The van der Waals surface area contributed by atoms with Gasteiger partial charge in [-0.2, -0.15) is 38.2 Å². The Bertz CT molecular complexity index is 4060. The van der Waals surface area contributed by atoms with Crippen LogP contribution in [0.4, 0.5) is 11.4 Å². The van der Waals surface area contributed by atoms with Crippen LogP contribution in [0.2, 0.25) is 0 Å². The summed E-state index contributed by atoms with van der Waals surface area (Å²) in [6.45, 7) is 7.07. The number of fused-ring (bicyclic) bond motifs is 2. The molecular weight excluding hydrogens is 1350 g/mol. The van der Waals surface area contributed by atoms with Gasteiger partial charge in [-0.1, -0.05) is 66.7 Å². The number of amides is 1. The average molecular weight is 1440 g/mol. The molecule has 97 heavy (non-hydrogen) atoms. The smallest absolute Gasteiger partial charge is 0.338 e. The van der Waals surface area contributed by atoms with Gasteiger partial charge in [0.05, 0.1) is 98.8 Å². The molecule has 0 aliphatic carbocycles. The number of hydrogen-bond acceptors (Lipinski definition) is 18. The lowest BCUT2D eigenvalue weighted by Crippen LogP contribution is -2.32. The van der Waals surface area contributed by atoms with Crippen LogP contribution in [0, 0.1) is 0 Å². The molecule has 0 fully saturated rings. The molecule has 1 amide bonds. The number of rotatable bonds is 42. The van der Waals surface area contributed by atoms with Gasteiger partial charge in [-0.25, -0.2) is 4.79 Å². The summed E-state index contributed by atoms with van der Waals surface area (Å²) in [5.41, 5.74) is 1.27. The van der Waals surface area contributed by atoms with E-state index in [-0.39, 0.29) is 83.1 Å². The Labute approximate surface area is 570 Å². The van der Waals surface area contributed by atoms with Gasteiger partial charge < -0.3 is 38.6 Å². The topological polar surface area (TPSA) is 342 Å². The minimum Gasteiger partial charge on any atom is -0.465 e. The normalized spacial score (nSPS) is 17.0. The number of anilines is 1. The number of carbonyl (C=O) groups excluding carboxylic acids is 3. The fourth-order valence-corrected chi connectivity index (χ4v) is 16.6. The molecule has 528 valence electrons. The van der Waals surface area contributed by atoms with Gasteiger partial charge in [0, 0.05) is 84.8 Å². The number of nitrogens with one attached hydrogen (secondary N) is 1. The van der Waals surface area contributed by atoms with Crippen LogP contribution in [0.1, 0.15) is 110 Å². The van der Waals surface area contributed by atoms with Crippen LogP contribution in [0.3, 0.4) is 0 Å². The molecule has 0 bridgehead atoms. The highest BCUT2D eigenvalue weighted by molar-refractivity contribution is 7.86. The van der Waals surface area contributed by atoms with Crippen LogP contribution in [0.15, 0.2) is 149 Å². The highest BCUT2D eigenvalue weighted by Crippen LogP contribution is 2.52. The van der Waals surface area contributed by atoms with Crippen molar-refractivity contribution in [3.05, 3.63) is 161 Å². The third-order valence-electron chi connectivity index (χ3n) is 16.9. The van der Waals surface area contributed by atoms with E-state index in [2.05, 4.69) is 5.32 Å². The summed E-state index contributed by atoms with van der Waals surface area (Å²) in [4.78, 5) is 41.2. The molecule has 0 saturated heterocycles. The van der Waals surface area contributed by atoms with Gasteiger partial charge in [-0.3, -0.25) is 27.8 Å². The average Bonchev–Trinajstić information content (AvgIpc) is 1.60. The van der Waals surface area contributed by atoms with Crippen LogP contribution in [-0.4, -0.2) is 185 Å². The molecule has 5 aromatic rings. The second-order valence-electron chi connectivity index (χ2n) is 23.7. The number of nitrogens with zero attached hydrogens (tertiary/aromatic N) is 2. The first-order chi connectivity index (χ1) is 46.1. The summed E-state index contributed by atoms with van der Waals surface area (Å²) in [7, 11) is -16.8. The number of ether oxygens (including phenoxy) is 6. The first kappa shape index (κ1) is 77.9. The molecule has 2 heterocycles. The summed E-state index contributed by atoms with van der Waals surface area (Å²) in [5, 5.41) is 5.52. The molecule has 7 rings (SSSR count). The third-order valence-corrected chi connectivity index (χ3v) is 22.7. The van der Waals surface area contributed by atoms with Crippen molar-refractivity contribution in [1.29, 1.82) is 0 Å². The summed E-state index contributed by atoms with van der Waals surface area (Å²) < 4.78 is 174. The monoisotopic (exact) mass is 1440 g/mol. The highest BCUT2D eigenvalue weighted by Gasteiger charge is 2.49. The van der Waals surface area contributed by atoms with E-state index in [1.165, 1.54) is 37.4 Å². The zero-order chi connectivity index (χ0) is 70.4. The predicted molar refractivity (Wildman–Crippen MR) is 370 cm³/mol. The lowest BCUT2D eigenvalue weighted by Gasteiger charge is -2.30. The fourth-order valence-electron chi connectivity index (χ4n) is 12.1. The van der Waals surface area contributed by atoms with Crippen molar-refractivity contribution >= 4 is 99.1 Å². The lowest BCUT2D eigenvalue weighted by molar-refractivity contribution is -0.438. The first-order valence-corrected chi connectivity index (χ1v) is 39.2. The molecule has 0 saturated carbocycles. The third kappa shape index (κ3) is 22.3. The van der Waals surface area contributed by atoms with Crippen LogP contribution < -0.4 is 26.1 Å². The van der Waals surface area contributed by atoms with E-state index in [0.29, 0.717) is 122 Å². The van der Waals surface area contributed by atoms with Crippen LogP contribution in [-0.2, 0) is 84.5 Å². The summed E-state index contributed by atoms with van der Waals surface area (Å²) in [6.07, 6.45) is 7.42. The van der Waals surface area contributed by atoms with Crippen molar-refractivity contribution < 1.29 is 99.3 Å². The first-order valence-electron chi connectivity index (χ1n) is 31.8. The number of carbonyl (C=O) groups is 3. The minimum atomic E-state index is -4.76. The van der Waals surface area contributed by atoms with Gasteiger partial charge in [-0.15, -0.1) is 0 Å². The molecule has 0 spiro atoms. The maximum atomic E-state index is 13.7. The number of esters is 1. The van der Waals surface area contributed by atoms with Crippen LogP contribution >= 0.6 is 7.92 Å². The van der Waals surface area contributed by atoms with E-state index >= 15 is 0 Å². The number of Topliss-reactive ketones (excluding diaryl/α,β-unsaturated/α-hetero) is 1. The Morgan fingerprint density at radius 3 is 1.68 bits per heavy atom. The van der Waals surface area contributed by atoms with E-state index in [1.54, 1.807) is 63.5 Å². The lowest BCUT2D eigenvalue weighted by atomic mass is 9.75. The SMILES string of the molecule is COCCOCCOCCOCCOCCN1C(=CC=CC2=[N+](CCCCCC(=O)CCCNC(=O)c3ccc(C(=O)OC)c(P(c4ccccc4)c4ccccc4)c3)c3ccc(S(=O)(=O)O)cc3C2(C)CCCS(=O)(=O)O)C(C)(CCCS(=O)(=O)O)c2cc(S(=O)(=O)O)ccc21. The van der Waals surface area contributed by atoms with Gasteiger partial charge in [0.1, 0.15) is 12.3 Å². The van der Waals surface area contributed by atoms with Crippen molar-refractivity contribution in [1.82, 2.24) is 5.32 Å². The number of unbranched alkanes of at least 4 members (excludes halogenated alkanes) is 2. The number of hydrogen-bond donors (Lipinski definition) is 5. The van der Waals surface area contributed by atoms with E-state index in [9.17, 15) is 66.3 Å². The fraction of sp³-hybridized carbons (Fsp3) is 0.441. The molecule has 2 atom stereocenters. The summed E-state index contributed by atoms with van der Waals surface area (Å²) in [5.74, 6) is -2.19. The number of benzene rings is 5. The number of allylic oxidation sites excluding steroid dienone is 4. The zero-order valence-corrected chi connectivity index (χ0v) is 59.0. The maximum Gasteiger partial charge on any atom is 0.338 e. The number of ketones is 1. The Hall–Kier alpha value is -6.47. The number of methoxy groups -OCH3 is 2. The van der Waals surface area contributed by atoms with Gasteiger partial charge in [0.25, 0.3) is 46.4 Å². The van der Waals surface area contributed by atoms with Crippen molar-refractivity contribution in [3.8, 4) is 0 Å². The second kappa shape index (κ2) is 36.0. The summed E-state index contributed by atoms with van der Waals surface area (Å²) >= 11 is 0. The second-order valence-corrected chi connectivity index (χ2v) is 31.9. The molecule has 0 radical (unpaired) electrons. The van der Waals surface area contributed by atoms with Crippen molar-refractivity contribution in [2.75, 3.05) is 110 Å². The van der Waals surface area contributed by atoms with Crippen LogP contribution in [0.5, 0.6) is 0 Å². The van der Waals surface area contributed by atoms with Gasteiger partial charge >= 0.3 is 5.97 Å². The molecule has 29 heteroatoms. The molecule has 0 aromatic heterocycles. The maximum absolute atomic E-state index is 13.7. The van der Waals surface area contributed by atoms with E-state index in [4.69, 9.17) is 28.4 Å². The standard InChI is InChI=1S/C68H86N3O21PS4/c1-67(32-16-46-94(75,76)77)58-49-55(96(81,82)83)27-30-60(58)70(35-13-7-8-18-52(72)19-15-34-69-65(73)51-26-29-57(66(74)88-4)62(48-51)93(53-20-9-5-10-21-53)54-22-11-6-12-23-54)63(67)24-14-25-64-68(2,33-17-47-95(78,79)80)59-50-56(97(84,85)86)28-31-61(59)71(64)36-37-89-40-41-91-44-45-92-43-42-90-39-38-87-3/h5-6,9-12,14,20-31,48-50H,7-8,13,15-19,32-47H2,1-4H3,(H4-,69,73,75,76,77,78,79,80,81,82,83,84,85,86)/p+1. The summed E-state index contributed by atoms with van der Waals surface area (Å²) in [6, 6.07) is 32.6. The quantitative estimate of drug-likeness (QED) is 0.00821. The Morgan fingerprint density at radius 1 is 0.588 bits per heavy atom. The highest BCUT2D eigenvalue weighted by atomic mass is 32.2. The molecule has 5 N–H and O–H groups in total. The molecule has 2 aliphatic rings. The van der Waals surface area contributed by atoms with Crippen molar-refractivity contribution in [2.45, 2.75) is 98.7 Å². The molecule has 2 aliphatic heterocycles. The van der Waals surface area contributed by atoms with E-state index in [1.807, 2.05) is 70.1 Å². The Morgan fingerprint density at radius 2 is 1.12 bits per heavy atom. The molecule has 5 aromatic carbocycles. The Kier molecular flexibility index (Phi) is 28.9.